The highest BCUT2D eigenvalue weighted by Crippen LogP contribution is 2.22. The zero-order chi connectivity index (χ0) is 14.4. The van der Waals surface area contributed by atoms with Crippen molar-refractivity contribution in [3.05, 3.63) is 50.9 Å². The first-order chi connectivity index (χ1) is 9.65. The topological polar surface area (TPSA) is 63.8 Å². The number of benzene rings is 1. The van der Waals surface area contributed by atoms with E-state index in [-0.39, 0.29) is 12.5 Å². The predicted octanol–water partition coefficient (Wildman–Crippen LogP) is 3.07. The fourth-order valence-corrected chi connectivity index (χ4v) is 1.93. The lowest BCUT2D eigenvalue weighted by molar-refractivity contribution is -0.123. The van der Waals surface area contributed by atoms with E-state index < -0.39 is 0 Å². The molecule has 0 spiro atoms. The van der Waals surface area contributed by atoms with E-state index in [4.69, 9.17) is 20.8 Å². The summed E-state index contributed by atoms with van der Waals surface area (Å²) in [7, 11) is 0. The lowest BCUT2D eigenvalue weighted by Gasteiger charge is -2.05. The third kappa shape index (κ3) is 4.53. The van der Waals surface area contributed by atoms with Gasteiger partial charge in [0, 0.05) is 0 Å². The van der Waals surface area contributed by atoms with Gasteiger partial charge in [-0.1, -0.05) is 23.7 Å². The monoisotopic (exact) mass is 404 g/mol. The van der Waals surface area contributed by atoms with Gasteiger partial charge in [0.2, 0.25) is 0 Å². The molecule has 104 valence electrons. The molecule has 1 amide bonds. The van der Waals surface area contributed by atoms with Crippen molar-refractivity contribution in [2.45, 2.75) is 0 Å². The molecule has 0 saturated carbocycles. The summed E-state index contributed by atoms with van der Waals surface area (Å²) >= 11 is 7.94. The minimum absolute atomic E-state index is 0.170. The number of hydrogen-bond acceptors (Lipinski definition) is 4. The zero-order valence-corrected chi connectivity index (χ0v) is 13.1. The maximum absolute atomic E-state index is 11.5. The van der Waals surface area contributed by atoms with Crippen LogP contribution in [0.4, 0.5) is 0 Å². The molecule has 0 fully saturated rings. The van der Waals surface area contributed by atoms with Gasteiger partial charge in [0.15, 0.2) is 10.4 Å². The molecular weight excluding hydrogens is 395 g/mol. The highest BCUT2D eigenvalue weighted by atomic mass is 127. The van der Waals surface area contributed by atoms with Gasteiger partial charge < -0.3 is 9.15 Å². The highest BCUT2D eigenvalue weighted by molar-refractivity contribution is 14.1. The Bertz CT molecular complexity index is 628. The second-order valence-corrected chi connectivity index (χ2v) is 5.12. The number of nitrogens with one attached hydrogen (secondary N) is 1. The molecular formula is C13H10ClIN2O3. The molecule has 0 atom stereocenters. The van der Waals surface area contributed by atoms with Crippen LogP contribution in [0.1, 0.15) is 5.76 Å². The minimum Gasteiger partial charge on any atom is -0.482 e. The second-order valence-electron chi connectivity index (χ2n) is 3.65. The van der Waals surface area contributed by atoms with Crippen molar-refractivity contribution < 1.29 is 13.9 Å². The number of furan rings is 1. The molecule has 2 aromatic rings. The molecule has 1 N–H and O–H groups in total. The number of nitrogens with zero attached hydrogens (tertiary/aromatic N) is 1. The van der Waals surface area contributed by atoms with Crippen molar-refractivity contribution in [1.82, 2.24) is 5.43 Å². The summed E-state index contributed by atoms with van der Waals surface area (Å²) in [6, 6.07) is 10.5. The average Bonchev–Trinajstić information content (AvgIpc) is 2.83. The van der Waals surface area contributed by atoms with Crippen LogP contribution in [-0.4, -0.2) is 18.7 Å². The Morgan fingerprint density at radius 2 is 2.20 bits per heavy atom. The Balaban J connectivity index is 1.78. The largest absolute Gasteiger partial charge is 0.482 e. The summed E-state index contributed by atoms with van der Waals surface area (Å²) in [6.07, 6.45) is 1.41. The number of ether oxygens (including phenoxy) is 1. The highest BCUT2D eigenvalue weighted by Gasteiger charge is 2.04. The molecule has 0 aliphatic carbocycles. The van der Waals surface area contributed by atoms with Crippen LogP contribution in [0.25, 0.3) is 0 Å². The quantitative estimate of drug-likeness (QED) is 0.473. The van der Waals surface area contributed by atoms with E-state index in [0.717, 1.165) is 3.77 Å². The van der Waals surface area contributed by atoms with Crippen LogP contribution >= 0.6 is 34.2 Å². The summed E-state index contributed by atoms with van der Waals surface area (Å²) in [5, 5.41) is 4.21. The smallest absolute Gasteiger partial charge is 0.277 e. The van der Waals surface area contributed by atoms with Gasteiger partial charge >= 0.3 is 0 Å². The number of rotatable bonds is 5. The first-order valence-corrected chi connectivity index (χ1v) is 7.05. The van der Waals surface area contributed by atoms with E-state index in [0.29, 0.717) is 16.5 Å². The third-order valence-electron chi connectivity index (χ3n) is 2.17. The van der Waals surface area contributed by atoms with E-state index in [1.165, 1.54) is 6.21 Å². The standard InChI is InChI=1S/C13H10ClIN2O3/c14-10-3-1-2-4-11(10)19-8-13(18)17-16-7-9-5-6-12(15)20-9/h1-7H,8H2,(H,17,18). The number of halogens is 2. The molecule has 5 nitrogen and oxygen atoms in total. The van der Waals surface area contributed by atoms with Crippen LogP contribution in [0.3, 0.4) is 0 Å². The number of amides is 1. The first kappa shape index (κ1) is 14.9. The van der Waals surface area contributed by atoms with Crippen molar-refractivity contribution in [3.63, 3.8) is 0 Å². The van der Waals surface area contributed by atoms with Crippen LogP contribution < -0.4 is 10.2 Å². The number of para-hydroxylation sites is 1. The van der Waals surface area contributed by atoms with Crippen molar-refractivity contribution in [2.24, 2.45) is 5.10 Å². The molecule has 1 aromatic heterocycles. The van der Waals surface area contributed by atoms with Crippen LogP contribution in [0.5, 0.6) is 5.75 Å². The maximum Gasteiger partial charge on any atom is 0.277 e. The summed E-state index contributed by atoms with van der Waals surface area (Å²) in [6.45, 7) is -0.170. The van der Waals surface area contributed by atoms with Crippen molar-refractivity contribution in [2.75, 3.05) is 6.61 Å². The predicted molar refractivity (Wildman–Crippen MR) is 84.1 cm³/mol. The molecule has 0 unspecified atom stereocenters. The molecule has 0 radical (unpaired) electrons. The van der Waals surface area contributed by atoms with E-state index in [1.807, 2.05) is 22.6 Å². The van der Waals surface area contributed by atoms with Gasteiger partial charge in [0.05, 0.1) is 11.2 Å². The fourth-order valence-electron chi connectivity index (χ4n) is 1.30. The first-order valence-electron chi connectivity index (χ1n) is 5.60. The summed E-state index contributed by atoms with van der Waals surface area (Å²) in [5.74, 6) is 0.623. The van der Waals surface area contributed by atoms with E-state index in [2.05, 4.69) is 10.5 Å². The van der Waals surface area contributed by atoms with Gasteiger partial charge in [0.25, 0.3) is 5.91 Å². The van der Waals surface area contributed by atoms with Gasteiger partial charge in [-0.25, -0.2) is 5.43 Å². The van der Waals surface area contributed by atoms with Crippen LogP contribution in [0.2, 0.25) is 5.02 Å². The third-order valence-corrected chi connectivity index (χ3v) is 3.06. The van der Waals surface area contributed by atoms with Gasteiger partial charge in [-0.3, -0.25) is 4.79 Å². The SMILES string of the molecule is O=C(COc1ccccc1Cl)NN=Cc1ccc(I)o1. The molecule has 1 heterocycles. The van der Waals surface area contributed by atoms with Crippen LogP contribution in [0, 0.1) is 3.77 Å². The van der Waals surface area contributed by atoms with Gasteiger partial charge in [-0.15, -0.1) is 0 Å². The van der Waals surface area contributed by atoms with Crippen molar-refractivity contribution in [3.8, 4) is 5.75 Å². The Kier molecular flexibility index (Phi) is 5.42. The lowest BCUT2D eigenvalue weighted by atomic mass is 10.3. The normalized spacial score (nSPS) is 10.7. The van der Waals surface area contributed by atoms with E-state index in [1.54, 1.807) is 36.4 Å². The van der Waals surface area contributed by atoms with Gasteiger partial charge in [0.1, 0.15) is 11.5 Å². The fraction of sp³-hybridized carbons (Fsp3) is 0.0769. The van der Waals surface area contributed by atoms with Gasteiger partial charge in [-0.2, -0.15) is 5.10 Å². The molecule has 0 aliphatic heterocycles. The molecule has 2 rings (SSSR count). The number of carbonyl (C=O) groups is 1. The average molecular weight is 405 g/mol. The van der Waals surface area contributed by atoms with E-state index in [9.17, 15) is 4.79 Å². The summed E-state index contributed by atoms with van der Waals surface area (Å²) < 4.78 is 11.3. The lowest BCUT2D eigenvalue weighted by Crippen LogP contribution is -2.24. The number of hydrogen-bond donors (Lipinski definition) is 1. The molecule has 0 saturated heterocycles. The molecule has 0 bridgehead atoms. The van der Waals surface area contributed by atoms with Crippen molar-refractivity contribution >= 4 is 46.3 Å². The van der Waals surface area contributed by atoms with Crippen molar-refractivity contribution in [1.29, 1.82) is 0 Å². The minimum atomic E-state index is -0.387. The van der Waals surface area contributed by atoms with Gasteiger partial charge in [-0.05, 0) is 46.9 Å². The number of hydrazone groups is 1. The Morgan fingerprint density at radius 1 is 1.40 bits per heavy atom. The molecule has 1 aromatic carbocycles. The Morgan fingerprint density at radius 3 is 2.90 bits per heavy atom. The summed E-state index contributed by atoms with van der Waals surface area (Å²) in [5.41, 5.74) is 2.33. The van der Waals surface area contributed by atoms with E-state index >= 15 is 0 Å². The summed E-state index contributed by atoms with van der Waals surface area (Å²) in [4.78, 5) is 11.5. The molecule has 0 aliphatic rings. The van der Waals surface area contributed by atoms with Crippen LogP contribution in [-0.2, 0) is 4.79 Å². The van der Waals surface area contributed by atoms with Crippen LogP contribution in [0.15, 0.2) is 45.9 Å². The number of carbonyl (C=O) groups excluding carboxylic acids is 1. The Hall–Kier alpha value is -1.54. The zero-order valence-electron chi connectivity index (χ0n) is 10.2. The second kappa shape index (κ2) is 7.30. The molecule has 7 heteroatoms. The maximum atomic E-state index is 11.5. The Labute approximate surface area is 134 Å². The molecule has 20 heavy (non-hydrogen) atoms.